The number of hydrogen-bond donors (Lipinski definition) is 1. The summed E-state index contributed by atoms with van der Waals surface area (Å²) in [5.74, 6) is 0. The number of halogens is 2. The van der Waals surface area contributed by atoms with Crippen LogP contribution in [0.4, 0.5) is 0 Å². The van der Waals surface area contributed by atoms with Crippen LogP contribution in [0.3, 0.4) is 0 Å². The maximum absolute atomic E-state index is 12.4. The van der Waals surface area contributed by atoms with Crippen LogP contribution >= 0.6 is 28.3 Å². The van der Waals surface area contributed by atoms with Crippen molar-refractivity contribution in [2.24, 2.45) is 11.1 Å². The van der Waals surface area contributed by atoms with Crippen molar-refractivity contribution in [3.8, 4) is 0 Å². The van der Waals surface area contributed by atoms with Gasteiger partial charge in [0, 0.05) is 30.0 Å². The number of sulfonamides is 1. The first-order valence-corrected chi connectivity index (χ1v) is 7.91. The summed E-state index contributed by atoms with van der Waals surface area (Å²) in [6.45, 7) is 3.50. The number of nitrogens with two attached hydrogens (primary N) is 1. The van der Waals surface area contributed by atoms with Crippen LogP contribution in [0.15, 0.2) is 27.8 Å². The van der Waals surface area contributed by atoms with Crippen molar-refractivity contribution in [2.75, 3.05) is 19.6 Å². The topological polar surface area (TPSA) is 76.3 Å². The van der Waals surface area contributed by atoms with Crippen LogP contribution in [-0.4, -0.2) is 37.3 Å². The molecule has 1 aliphatic heterocycles. The molecule has 0 saturated carbocycles. The molecule has 108 valence electrons. The molecule has 0 aliphatic carbocycles. The molecule has 0 amide bonds. The van der Waals surface area contributed by atoms with Gasteiger partial charge < -0.3 is 5.73 Å². The highest BCUT2D eigenvalue weighted by Gasteiger charge is 2.39. The summed E-state index contributed by atoms with van der Waals surface area (Å²) in [7, 11) is -3.46. The Labute approximate surface area is 128 Å². The van der Waals surface area contributed by atoms with E-state index in [0.717, 1.165) is 6.42 Å². The fourth-order valence-electron chi connectivity index (χ4n) is 2.03. The Balaban J connectivity index is 0.00000180. The molecule has 1 fully saturated rings. The lowest BCUT2D eigenvalue weighted by atomic mass is 9.90. The van der Waals surface area contributed by atoms with Crippen LogP contribution in [0.1, 0.15) is 13.3 Å². The summed E-state index contributed by atoms with van der Waals surface area (Å²) in [5, 5.41) is 0. The highest BCUT2D eigenvalue weighted by atomic mass is 79.9. The first kappa shape index (κ1) is 16.8. The van der Waals surface area contributed by atoms with Crippen LogP contribution in [0.2, 0.25) is 0 Å². The molecule has 1 unspecified atom stereocenters. The van der Waals surface area contributed by atoms with Crippen molar-refractivity contribution >= 4 is 38.4 Å². The Bertz CT molecular complexity index is 555. The molecule has 0 bridgehead atoms. The molecule has 0 radical (unpaired) electrons. The van der Waals surface area contributed by atoms with Crippen LogP contribution < -0.4 is 5.73 Å². The predicted molar refractivity (Wildman–Crippen MR) is 79.7 cm³/mol. The summed E-state index contributed by atoms with van der Waals surface area (Å²) in [6.07, 6.45) is 3.73. The van der Waals surface area contributed by atoms with E-state index < -0.39 is 10.0 Å². The first-order valence-electron chi connectivity index (χ1n) is 5.68. The molecule has 1 atom stereocenters. The van der Waals surface area contributed by atoms with Crippen molar-refractivity contribution < 1.29 is 8.42 Å². The molecule has 0 spiro atoms. The minimum atomic E-state index is -3.46. The third-order valence-electron chi connectivity index (χ3n) is 3.33. The van der Waals surface area contributed by atoms with E-state index in [9.17, 15) is 8.42 Å². The Kier molecular flexibility index (Phi) is 5.36. The molecule has 2 rings (SSSR count). The van der Waals surface area contributed by atoms with E-state index in [4.69, 9.17) is 5.73 Å². The molecule has 1 aromatic rings. The maximum atomic E-state index is 12.4. The van der Waals surface area contributed by atoms with Crippen molar-refractivity contribution in [1.29, 1.82) is 0 Å². The van der Waals surface area contributed by atoms with E-state index >= 15 is 0 Å². The Morgan fingerprint density at radius 2 is 2.21 bits per heavy atom. The van der Waals surface area contributed by atoms with Gasteiger partial charge in [-0.2, -0.15) is 4.31 Å². The van der Waals surface area contributed by atoms with Gasteiger partial charge in [-0.05, 0) is 40.4 Å². The fourth-order valence-corrected chi connectivity index (χ4v) is 4.13. The largest absolute Gasteiger partial charge is 0.330 e. The molecule has 1 saturated heterocycles. The fraction of sp³-hybridized carbons (Fsp3) is 0.545. The van der Waals surface area contributed by atoms with E-state index in [-0.39, 0.29) is 22.7 Å². The van der Waals surface area contributed by atoms with E-state index in [1.54, 1.807) is 12.3 Å². The highest BCUT2D eigenvalue weighted by molar-refractivity contribution is 9.10. The monoisotopic (exact) mass is 369 g/mol. The lowest BCUT2D eigenvalue weighted by Gasteiger charge is -2.22. The SMILES string of the molecule is CC1(CN)CCN(S(=O)(=O)c2cncc(Br)c2)C1.Cl. The molecule has 2 N–H and O–H groups in total. The third kappa shape index (κ3) is 3.46. The van der Waals surface area contributed by atoms with Crippen LogP contribution in [0, 0.1) is 5.41 Å². The van der Waals surface area contributed by atoms with E-state index in [1.165, 1.54) is 10.5 Å². The average Bonchev–Trinajstić information content (AvgIpc) is 2.73. The summed E-state index contributed by atoms with van der Waals surface area (Å²) in [5.41, 5.74) is 5.58. The summed E-state index contributed by atoms with van der Waals surface area (Å²) in [4.78, 5) is 4.12. The van der Waals surface area contributed by atoms with Gasteiger partial charge in [-0.25, -0.2) is 8.42 Å². The van der Waals surface area contributed by atoms with Gasteiger partial charge in [0.25, 0.3) is 0 Å². The second-order valence-corrected chi connectivity index (χ2v) is 7.80. The molecule has 1 aliphatic rings. The highest BCUT2D eigenvalue weighted by Crippen LogP contribution is 2.32. The molecular weight excluding hydrogens is 354 g/mol. The predicted octanol–water partition coefficient (Wildman–Crippen LogP) is 1.63. The summed E-state index contributed by atoms with van der Waals surface area (Å²) >= 11 is 3.23. The van der Waals surface area contributed by atoms with Gasteiger partial charge in [0.2, 0.25) is 10.0 Å². The number of hydrogen-bond acceptors (Lipinski definition) is 4. The third-order valence-corrected chi connectivity index (χ3v) is 5.58. The lowest BCUT2D eigenvalue weighted by molar-refractivity contribution is 0.349. The molecule has 19 heavy (non-hydrogen) atoms. The quantitative estimate of drug-likeness (QED) is 0.877. The number of nitrogens with zero attached hydrogens (tertiary/aromatic N) is 2. The van der Waals surface area contributed by atoms with Gasteiger partial charge in [0.15, 0.2) is 0 Å². The number of rotatable bonds is 3. The zero-order valence-electron chi connectivity index (χ0n) is 10.5. The second-order valence-electron chi connectivity index (χ2n) is 4.94. The average molecular weight is 371 g/mol. The lowest BCUT2D eigenvalue weighted by Crippen LogP contribution is -2.34. The molecule has 8 heteroatoms. The molecular formula is C11H17BrClN3O2S. The molecule has 1 aromatic heterocycles. The van der Waals surface area contributed by atoms with Gasteiger partial charge in [0.1, 0.15) is 4.90 Å². The zero-order valence-corrected chi connectivity index (χ0v) is 13.8. The van der Waals surface area contributed by atoms with Crippen molar-refractivity contribution in [2.45, 2.75) is 18.2 Å². The first-order chi connectivity index (χ1) is 8.37. The number of pyridine rings is 1. The van der Waals surface area contributed by atoms with Gasteiger partial charge in [-0.3, -0.25) is 4.98 Å². The molecule has 2 heterocycles. The van der Waals surface area contributed by atoms with Gasteiger partial charge in [-0.15, -0.1) is 12.4 Å². The van der Waals surface area contributed by atoms with Crippen LogP contribution in [-0.2, 0) is 10.0 Å². The Morgan fingerprint density at radius 3 is 2.74 bits per heavy atom. The van der Waals surface area contributed by atoms with E-state index in [2.05, 4.69) is 20.9 Å². The maximum Gasteiger partial charge on any atom is 0.244 e. The standard InChI is InChI=1S/C11H16BrN3O2S.ClH/c1-11(7-13)2-3-15(8-11)18(16,17)10-4-9(12)5-14-6-10;/h4-6H,2-3,7-8,13H2,1H3;1H. The smallest absolute Gasteiger partial charge is 0.244 e. The van der Waals surface area contributed by atoms with Crippen LogP contribution in [0.25, 0.3) is 0 Å². The van der Waals surface area contributed by atoms with E-state index in [0.29, 0.717) is 24.1 Å². The molecule has 0 aromatic carbocycles. The minimum Gasteiger partial charge on any atom is -0.330 e. The second kappa shape index (κ2) is 6.05. The zero-order chi connectivity index (χ0) is 13.4. The van der Waals surface area contributed by atoms with Crippen LogP contribution in [0.5, 0.6) is 0 Å². The van der Waals surface area contributed by atoms with Crippen molar-refractivity contribution in [1.82, 2.24) is 9.29 Å². The van der Waals surface area contributed by atoms with Gasteiger partial charge >= 0.3 is 0 Å². The van der Waals surface area contributed by atoms with Crippen molar-refractivity contribution in [3.05, 3.63) is 22.9 Å². The van der Waals surface area contributed by atoms with Crippen molar-refractivity contribution in [3.63, 3.8) is 0 Å². The normalized spacial score (nSPS) is 24.2. The van der Waals surface area contributed by atoms with Gasteiger partial charge in [-0.1, -0.05) is 6.92 Å². The number of aromatic nitrogens is 1. The minimum absolute atomic E-state index is 0. The molecule has 5 nitrogen and oxygen atoms in total. The summed E-state index contributed by atoms with van der Waals surface area (Å²) in [6, 6.07) is 1.57. The van der Waals surface area contributed by atoms with Gasteiger partial charge in [0.05, 0.1) is 0 Å². The Morgan fingerprint density at radius 1 is 1.53 bits per heavy atom. The summed E-state index contributed by atoms with van der Waals surface area (Å²) < 4.78 is 27.0. The Hall–Kier alpha value is -0.210. The van der Waals surface area contributed by atoms with E-state index in [1.807, 2.05) is 6.92 Å².